The van der Waals surface area contributed by atoms with Crippen LogP contribution in [0.3, 0.4) is 0 Å². The molecule has 0 aliphatic heterocycles. The molecule has 2 atom stereocenters. The first kappa shape index (κ1) is 22.5. The molecule has 4 rings (SSSR count). The predicted octanol–water partition coefficient (Wildman–Crippen LogP) is 3.72. The molecule has 9 heteroatoms. The summed E-state index contributed by atoms with van der Waals surface area (Å²) in [6.07, 6.45) is 5.33. The van der Waals surface area contributed by atoms with E-state index < -0.39 is 11.7 Å². The number of hydrogen-bond donors (Lipinski definition) is 4. The Morgan fingerprint density at radius 2 is 1.91 bits per heavy atom. The standard InChI is InChI=1S/C24H27FN6O2/c25-18-13-17(22(27)32)23(31-24(18)30-20-9-5-4-8-19(20)26)29-16-10-11-28-21(12-16)33-14-15-6-2-1-3-7-15/h1-3,6-7,10-13,19-20H,4-5,8-9,14,26H2,(H2,27,32)(H2,28,29,30,31)/t19?,20-/m1/s1. The van der Waals surface area contributed by atoms with E-state index in [0.717, 1.165) is 37.3 Å². The van der Waals surface area contributed by atoms with Crippen molar-refractivity contribution >= 4 is 23.2 Å². The van der Waals surface area contributed by atoms with Gasteiger partial charge in [0, 0.05) is 30.0 Å². The lowest BCUT2D eigenvalue weighted by Gasteiger charge is -2.30. The predicted molar refractivity (Wildman–Crippen MR) is 125 cm³/mol. The van der Waals surface area contributed by atoms with Crippen LogP contribution in [-0.4, -0.2) is 28.0 Å². The van der Waals surface area contributed by atoms with E-state index in [4.69, 9.17) is 16.2 Å². The number of amides is 1. The number of benzene rings is 1. The number of carbonyl (C=O) groups is 1. The van der Waals surface area contributed by atoms with Gasteiger partial charge in [-0.05, 0) is 30.5 Å². The molecule has 1 aromatic carbocycles. The van der Waals surface area contributed by atoms with Crippen molar-refractivity contribution < 1.29 is 13.9 Å². The monoisotopic (exact) mass is 450 g/mol. The third kappa shape index (κ3) is 5.75. The summed E-state index contributed by atoms with van der Waals surface area (Å²) in [5.74, 6) is -0.901. The lowest BCUT2D eigenvalue weighted by atomic mass is 9.91. The van der Waals surface area contributed by atoms with Crippen molar-refractivity contribution in [2.24, 2.45) is 11.5 Å². The van der Waals surface area contributed by atoms with Crippen molar-refractivity contribution in [2.75, 3.05) is 10.6 Å². The molecule has 1 saturated carbocycles. The summed E-state index contributed by atoms with van der Waals surface area (Å²) in [6.45, 7) is 0.355. The third-order valence-corrected chi connectivity index (χ3v) is 5.61. The Kier molecular flexibility index (Phi) is 6.99. The summed E-state index contributed by atoms with van der Waals surface area (Å²) < 4.78 is 20.5. The molecular formula is C24H27FN6O2. The number of anilines is 3. The number of nitrogens with two attached hydrogens (primary N) is 2. The lowest BCUT2D eigenvalue weighted by Crippen LogP contribution is -2.43. The SMILES string of the molecule is NC(=O)c1cc(F)c(N[C@@H]2CCCCC2N)nc1Nc1ccnc(OCc2ccccc2)c1. The second-order valence-corrected chi connectivity index (χ2v) is 8.06. The summed E-state index contributed by atoms with van der Waals surface area (Å²) >= 11 is 0. The number of primary amides is 1. The number of ether oxygens (including phenoxy) is 1. The van der Waals surface area contributed by atoms with Gasteiger partial charge in [0.15, 0.2) is 11.6 Å². The van der Waals surface area contributed by atoms with Gasteiger partial charge in [0.1, 0.15) is 12.4 Å². The van der Waals surface area contributed by atoms with Crippen LogP contribution >= 0.6 is 0 Å². The molecule has 1 fully saturated rings. The molecule has 1 unspecified atom stereocenters. The number of halogens is 1. The minimum Gasteiger partial charge on any atom is -0.473 e. The van der Waals surface area contributed by atoms with Gasteiger partial charge in [-0.2, -0.15) is 0 Å². The topological polar surface area (TPSA) is 128 Å². The van der Waals surface area contributed by atoms with E-state index in [1.165, 1.54) is 0 Å². The number of pyridine rings is 2. The molecule has 33 heavy (non-hydrogen) atoms. The van der Waals surface area contributed by atoms with Crippen molar-refractivity contribution in [1.29, 1.82) is 0 Å². The fourth-order valence-corrected chi connectivity index (χ4v) is 3.82. The largest absolute Gasteiger partial charge is 0.473 e. The molecule has 2 aromatic heterocycles. The second kappa shape index (κ2) is 10.3. The maximum absolute atomic E-state index is 14.7. The van der Waals surface area contributed by atoms with Gasteiger partial charge in [-0.15, -0.1) is 0 Å². The molecule has 6 N–H and O–H groups in total. The van der Waals surface area contributed by atoms with E-state index in [1.807, 2.05) is 30.3 Å². The van der Waals surface area contributed by atoms with Crippen LogP contribution in [0, 0.1) is 5.82 Å². The zero-order chi connectivity index (χ0) is 23.2. The Balaban J connectivity index is 1.54. The highest BCUT2D eigenvalue weighted by molar-refractivity contribution is 5.98. The van der Waals surface area contributed by atoms with Gasteiger partial charge >= 0.3 is 0 Å². The first-order valence-electron chi connectivity index (χ1n) is 10.9. The summed E-state index contributed by atoms with van der Waals surface area (Å²) in [4.78, 5) is 20.5. The van der Waals surface area contributed by atoms with Crippen molar-refractivity contribution in [3.05, 3.63) is 71.7 Å². The van der Waals surface area contributed by atoms with Gasteiger partial charge in [-0.25, -0.2) is 14.4 Å². The number of carbonyl (C=O) groups excluding carboxylic acids is 1. The van der Waals surface area contributed by atoms with Gasteiger partial charge in [0.25, 0.3) is 5.91 Å². The molecule has 172 valence electrons. The van der Waals surface area contributed by atoms with Gasteiger partial charge in [-0.3, -0.25) is 4.79 Å². The van der Waals surface area contributed by atoms with Crippen LogP contribution < -0.4 is 26.8 Å². The Hall–Kier alpha value is -3.72. The van der Waals surface area contributed by atoms with Gasteiger partial charge in [0.2, 0.25) is 5.88 Å². The molecule has 3 aromatic rings. The quantitative estimate of drug-likeness (QED) is 0.412. The molecule has 8 nitrogen and oxygen atoms in total. The fraction of sp³-hybridized carbons (Fsp3) is 0.292. The van der Waals surface area contributed by atoms with Crippen LogP contribution in [0.25, 0.3) is 0 Å². The minimum atomic E-state index is -0.792. The van der Waals surface area contributed by atoms with Crippen LogP contribution in [0.4, 0.5) is 21.7 Å². The zero-order valence-electron chi connectivity index (χ0n) is 18.1. The van der Waals surface area contributed by atoms with Crippen molar-refractivity contribution in [1.82, 2.24) is 9.97 Å². The first-order valence-corrected chi connectivity index (χ1v) is 10.9. The molecule has 0 bridgehead atoms. The number of nitrogens with zero attached hydrogens (tertiary/aromatic N) is 2. The summed E-state index contributed by atoms with van der Waals surface area (Å²) in [5, 5.41) is 6.14. The smallest absolute Gasteiger partial charge is 0.252 e. The Bertz CT molecular complexity index is 1110. The van der Waals surface area contributed by atoms with E-state index >= 15 is 0 Å². The second-order valence-electron chi connectivity index (χ2n) is 8.06. The molecule has 0 radical (unpaired) electrons. The average Bonchev–Trinajstić information content (AvgIpc) is 2.82. The average molecular weight is 451 g/mol. The highest BCUT2D eigenvalue weighted by Gasteiger charge is 2.24. The van der Waals surface area contributed by atoms with Crippen LogP contribution in [-0.2, 0) is 6.61 Å². The Morgan fingerprint density at radius 1 is 1.12 bits per heavy atom. The van der Waals surface area contributed by atoms with Crippen molar-refractivity contribution in [2.45, 2.75) is 44.4 Å². The normalized spacial score (nSPS) is 17.9. The molecule has 1 aliphatic rings. The Labute approximate surface area is 191 Å². The van der Waals surface area contributed by atoms with E-state index in [2.05, 4.69) is 20.6 Å². The maximum Gasteiger partial charge on any atom is 0.252 e. The third-order valence-electron chi connectivity index (χ3n) is 5.61. The minimum absolute atomic E-state index is 0.0273. The van der Waals surface area contributed by atoms with Gasteiger partial charge in [-0.1, -0.05) is 43.2 Å². The number of aromatic nitrogens is 2. The van der Waals surface area contributed by atoms with Crippen LogP contribution in [0.1, 0.15) is 41.6 Å². The summed E-state index contributed by atoms with van der Waals surface area (Å²) in [7, 11) is 0. The van der Waals surface area contributed by atoms with Crippen LogP contribution in [0.15, 0.2) is 54.7 Å². The zero-order valence-corrected chi connectivity index (χ0v) is 18.1. The highest BCUT2D eigenvalue weighted by atomic mass is 19.1. The van der Waals surface area contributed by atoms with Gasteiger partial charge < -0.3 is 26.8 Å². The van der Waals surface area contributed by atoms with E-state index in [-0.39, 0.29) is 29.3 Å². The van der Waals surface area contributed by atoms with E-state index in [9.17, 15) is 9.18 Å². The van der Waals surface area contributed by atoms with Crippen LogP contribution in [0.5, 0.6) is 5.88 Å². The molecule has 0 spiro atoms. The van der Waals surface area contributed by atoms with Crippen molar-refractivity contribution in [3.8, 4) is 5.88 Å². The number of nitrogens with one attached hydrogen (secondary N) is 2. The summed E-state index contributed by atoms with van der Waals surface area (Å²) in [5.41, 5.74) is 13.2. The highest BCUT2D eigenvalue weighted by Crippen LogP contribution is 2.27. The van der Waals surface area contributed by atoms with Gasteiger partial charge in [0.05, 0.1) is 5.56 Å². The molecular weight excluding hydrogens is 423 g/mol. The number of hydrogen-bond acceptors (Lipinski definition) is 7. The lowest BCUT2D eigenvalue weighted by molar-refractivity contribution is 0.100. The van der Waals surface area contributed by atoms with Crippen LogP contribution in [0.2, 0.25) is 0 Å². The summed E-state index contributed by atoms with van der Waals surface area (Å²) in [6, 6.07) is 14.0. The van der Waals surface area contributed by atoms with Crippen molar-refractivity contribution in [3.63, 3.8) is 0 Å². The maximum atomic E-state index is 14.7. The Morgan fingerprint density at radius 3 is 2.67 bits per heavy atom. The van der Waals surface area contributed by atoms with E-state index in [0.29, 0.717) is 18.2 Å². The fourth-order valence-electron chi connectivity index (χ4n) is 3.82. The molecule has 0 saturated heterocycles. The first-order chi connectivity index (χ1) is 16.0. The molecule has 1 amide bonds. The molecule has 2 heterocycles. The number of rotatable bonds is 8. The van der Waals surface area contributed by atoms with E-state index in [1.54, 1.807) is 18.3 Å². The molecule has 1 aliphatic carbocycles.